The van der Waals surface area contributed by atoms with Crippen molar-refractivity contribution < 1.29 is 12.8 Å². The van der Waals surface area contributed by atoms with Crippen LogP contribution in [0.2, 0.25) is 0 Å². The lowest BCUT2D eigenvalue weighted by molar-refractivity contribution is 0.545. The van der Waals surface area contributed by atoms with Gasteiger partial charge in [0.05, 0.1) is 5.25 Å². The van der Waals surface area contributed by atoms with Gasteiger partial charge >= 0.3 is 0 Å². The Morgan fingerprint density at radius 1 is 1.31 bits per heavy atom. The maximum absolute atomic E-state index is 13.4. The van der Waals surface area contributed by atoms with Crippen LogP contribution in [0.5, 0.6) is 0 Å². The first-order valence-electron chi connectivity index (χ1n) is 5.09. The number of sulfone groups is 1. The first-order valence-corrected chi connectivity index (χ1v) is 6.64. The second-order valence-electron chi connectivity index (χ2n) is 4.00. The van der Waals surface area contributed by atoms with Crippen LogP contribution in [0.15, 0.2) is 29.2 Å². The second kappa shape index (κ2) is 4.93. The molecule has 1 rings (SSSR count). The Morgan fingerprint density at radius 3 is 2.38 bits per heavy atom. The average molecular weight is 245 g/mol. The summed E-state index contributed by atoms with van der Waals surface area (Å²) in [6, 6.07) is 5.17. The lowest BCUT2D eigenvalue weighted by Crippen LogP contribution is -2.27. The van der Waals surface area contributed by atoms with Crippen LogP contribution >= 0.6 is 0 Å². The molecule has 2 atom stereocenters. The Labute approximate surface area is 95.4 Å². The monoisotopic (exact) mass is 245 g/mol. The van der Waals surface area contributed by atoms with E-state index in [0.29, 0.717) is 6.42 Å². The van der Waals surface area contributed by atoms with Crippen molar-refractivity contribution in [3.63, 3.8) is 0 Å². The zero-order chi connectivity index (χ0) is 12.3. The van der Waals surface area contributed by atoms with Gasteiger partial charge in [0.15, 0.2) is 9.84 Å². The topological polar surface area (TPSA) is 60.2 Å². The molecular weight excluding hydrogens is 229 g/mol. The van der Waals surface area contributed by atoms with Crippen LogP contribution in [0.25, 0.3) is 0 Å². The number of rotatable bonds is 4. The molecule has 0 bridgehead atoms. The van der Waals surface area contributed by atoms with Crippen molar-refractivity contribution in [1.29, 1.82) is 0 Å². The van der Waals surface area contributed by atoms with E-state index >= 15 is 0 Å². The van der Waals surface area contributed by atoms with E-state index in [1.54, 1.807) is 13.8 Å². The summed E-state index contributed by atoms with van der Waals surface area (Å²) in [4.78, 5) is -0.247. The molecule has 1 aromatic rings. The predicted octanol–water partition coefficient (Wildman–Crippen LogP) is 1.73. The van der Waals surface area contributed by atoms with Gasteiger partial charge in [0, 0.05) is 6.04 Å². The molecule has 5 heteroatoms. The van der Waals surface area contributed by atoms with E-state index in [0.717, 1.165) is 6.07 Å². The summed E-state index contributed by atoms with van der Waals surface area (Å²) in [7, 11) is -3.62. The third-order valence-corrected chi connectivity index (χ3v) is 4.57. The highest BCUT2D eigenvalue weighted by molar-refractivity contribution is 7.92. The first-order chi connectivity index (χ1) is 7.35. The van der Waals surface area contributed by atoms with Crippen LogP contribution in [0.4, 0.5) is 4.39 Å². The smallest absolute Gasteiger partial charge is 0.183 e. The normalized spacial score (nSPS) is 15.8. The molecule has 1 aromatic carbocycles. The molecule has 3 nitrogen and oxygen atoms in total. The minimum absolute atomic E-state index is 0.225. The number of halogens is 1. The molecule has 0 aliphatic carbocycles. The van der Waals surface area contributed by atoms with Crippen molar-refractivity contribution >= 4 is 9.84 Å². The third kappa shape index (κ3) is 2.80. The van der Waals surface area contributed by atoms with E-state index in [4.69, 9.17) is 5.73 Å². The van der Waals surface area contributed by atoms with Crippen molar-refractivity contribution in [3.05, 3.63) is 30.1 Å². The highest BCUT2D eigenvalue weighted by Crippen LogP contribution is 2.21. The Bertz CT molecular complexity index is 457. The minimum atomic E-state index is -3.62. The van der Waals surface area contributed by atoms with Crippen LogP contribution in [0, 0.1) is 5.82 Å². The van der Waals surface area contributed by atoms with Gasteiger partial charge in [-0.05, 0) is 32.4 Å². The highest BCUT2D eigenvalue weighted by atomic mass is 32.2. The van der Waals surface area contributed by atoms with E-state index in [-0.39, 0.29) is 10.9 Å². The lowest BCUT2D eigenvalue weighted by atomic mass is 10.2. The van der Waals surface area contributed by atoms with Gasteiger partial charge < -0.3 is 5.73 Å². The highest BCUT2D eigenvalue weighted by Gasteiger charge is 2.26. The van der Waals surface area contributed by atoms with E-state index in [1.165, 1.54) is 18.2 Å². The van der Waals surface area contributed by atoms with Crippen molar-refractivity contribution in [3.8, 4) is 0 Å². The molecule has 0 aromatic heterocycles. The molecule has 0 heterocycles. The van der Waals surface area contributed by atoms with Gasteiger partial charge in [-0.2, -0.15) is 0 Å². The first kappa shape index (κ1) is 13.1. The second-order valence-corrected chi connectivity index (χ2v) is 6.33. The van der Waals surface area contributed by atoms with Crippen molar-refractivity contribution in [2.75, 3.05) is 0 Å². The standard InChI is InChI=1S/C11H16FNO2S/c1-8(13)7-9(2)16(14,15)11-6-4-3-5-10(11)12/h3-6,8-9H,7,13H2,1-2H3. The van der Waals surface area contributed by atoms with Crippen molar-refractivity contribution in [2.24, 2.45) is 5.73 Å². The summed E-state index contributed by atoms with van der Waals surface area (Å²) in [5.41, 5.74) is 5.55. The van der Waals surface area contributed by atoms with Gasteiger partial charge in [0.1, 0.15) is 10.7 Å². The third-order valence-electron chi connectivity index (χ3n) is 2.38. The summed E-state index contributed by atoms with van der Waals surface area (Å²) in [6.45, 7) is 3.28. The minimum Gasteiger partial charge on any atom is -0.328 e. The van der Waals surface area contributed by atoms with E-state index in [9.17, 15) is 12.8 Å². The molecular formula is C11H16FNO2S. The van der Waals surface area contributed by atoms with Crippen molar-refractivity contribution in [1.82, 2.24) is 0 Å². The summed E-state index contributed by atoms with van der Waals surface area (Å²) in [5.74, 6) is -0.709. The molecule has 0 radical (unpaired) electrons. The maximum atomic E-state index is 13.4. The van der Waals surface area contributed by atoms with Crippen LogP contribution in [0.3, 0.4) is 0 Å². The fraction of sp³-hybridized carbons (Fsp3) is 0.455. The fourth-order valence-corrected chi connectivity index (χ4v) is 3.14. The van der Waals surface area contributed by atoms with Crippen LogP contribution in [-0.2, 0) is 9.84 Å². The zero-order valence-electron chi connectivity index (χ0n) is 9.35. The van der Waals surface area contributed by atoms with Gasteiger partial charge in [0.2, 0.25) is 0 Å². The Balaban J connectivity index is 3.08. The van der Waals surface area contributed by atoms with Crippen LogP contribution in [0.1, 0.15) is 20.3 Å². The van der Waals surface area contributed by atoms with Gasteiger partial charge in [0.25, 0.3) is 0 Å². The van der Waals surface area contributed by atoms with E-state index in [2.05, 4.69) is 0 Å². The molecule has 0 amide bonds. The summed E-state index contributed by atoms with van der Waals surface area (Å²) in [5, 5.41) is -0.676. The summed E-state index contributed by atoms with van der Waals surface area (Å²) in [6.07, 6.45) is 0.316. The molecule has 0 aliphatic heterocycles. The number of hydrogen-bond donors (Lipinski definition) is 1. The zero-order valence-corrected chi connectivity index (χ0v) is 10.2. The molecule has 0 aliphatic rings. The molecule has 0 spiro atoms. The molecule has 16 heavy (non-hydrogen) atoms. The number of hydrogen-bond acceptors (Lipinski definition) is 3. The van der Waals surface area contributed by atoms with E-state index in [1.807, 2.05) is 0 Å². The Morgan fingerprint density at radius 2 is 1.88 bits per heavy atom. The number of nitrogens with two attached hydrogens (primary N) is 1. The van der Waals surface area contributed by atoms with E-state index < -0.39 is 20.9 Å². The van der Waals surface area contributed by atoms with Crippen LogP contribution < -0.4 is 5.73 Å². The summed E-state index contributed by atoms with van der Waals surface area (Å²) < 4.78 is 37.4. The van der Waals surface area contributed by atoms with Gasteiger partial charge in [-0.25, -0.2) is 12.8 Å². The fourth-order valence-electron chi connectivity index (χ4n) is 1.54. The molecule has 2 N–H and O–H groups in total. The van der Waals surface area contributed by atoms with Crippen molar-refractivity contribution in [2.45, 2.75) is 36.5 Å². The molecule has 0 saturated carbocycles. The quantitative estimate of drug-likeness (QED) is 0.878. The average Bonchev–Trinajstić information content (AvgIpc) is 2.16. The Hall–Kier alpha value is -0.940. The molecule has 0 saturated heterocycles. The van der Waals surface area contributed by atoms with Gasteiger partial charge in [-0.1, -0.05) is 12.1 Å². The van der Waals surface area contributed by atoms with Gasteiger partial charge in [-0.3, -0.25) is 0 Å². The predicted molar refractivity (Wildman–Crippen MR) is 61.3 cm³/mol. The lowest BCUT2D eigenvalue weighted by Gasteiger charge is -2.15. The SMILES string of the molecule is CC(N)CC(C)S(=O)(=O)c1ccccc1F. The molecule has 90 valence electrons. The maximum Gasteiger partial charge on any atom is 0.183 e. The van der Waals surface area contributed by atoms with Crippen LogP contribution in [-0.4, -0.2) is 19.7 Å². The Kier molecular flexibility index (Phi) is 4.04. The van der Waals surface area contributed by atoms with Gasteiger partial charge in [-0.15, -0.1) is 0 Å². The molecule has 0 fully saturated rings. The largest absolute Gasteiger partial charge is 0.328 e. The summed E-state index contributed by atoms with van der Waals surface area (Å²) >= 11 is 0. The molecule has 2 unspecified atom stereocenters. The number of benzene rings is 1.